The number of methoxy groups -OCH3 is 2. The van der Waals surface area contributed by atoms with Crippen LogP contribution in [0.5, 0.6) is 11.5 Å². The standard InChI is InChI=1S/C26H29BrN2O5S/c1-5-24(19-8-12-21(33-3)13-9-19)28-26(30)17-29(20-10-6-18(2)7-11-20)35(31,32)22-14-15-25(34-4)23(27)16-22/h6-16,24H,5,17H2,1-4H3,(H,28,30). The third kappa shape index (κ3) is 6.35. The fourth-order valence-electron chi connectivity index (χ4n) is 3.59. The number of anilines is 1. The third-order valence-corrected chi connectivity index (χ3v) is 7.97. The van der Waals surface area contributed by atoms with E-state index in [0.29, 0.717) is 22.3 Å². The Hall–Kier alpha value is -3.04. The zero-order chi connectivity index (χ0) is 25.6. The van der Waals surface area contributed by atoms with Crippen molar-refractivity contribution in [3.8, 4) is 11.5 Å². The maximum absolute atomic E-state index is 13.7. The van der Waals surface area contributed by atoms with Crippen molar-refractivity contribution in [3.63, 3.8) is 0 Å². The molecule has 0 aliphatic heterocycles. The summed E-state index contributed by atoms with van der Waals surface area (Å²) in [5.41, 5.74) is 2.29. The van der Waals surface area contributed by atoms with Crippen molar-refractivity contribution in [2.75, 3.05) is 25.1 Å². The van der Waals surface area contributed by atoms with Crippen LogP contribution < -0.4 is 19.1 Å². The van der Waals surface area contributed by atoms with Gasteiger partial charge in [0.15, 0.2) is 0 Å². The number of benzene rings is 3. The first-order valence-corrected chi connectivity index (χ1v) is 13.3. The van der Waals surface area contributed by atoms with Crippen molar-refractivity contribution >= 4 is 37.5 Å². The van der Waals surface area contributed by atoms with Crippen LogP contribution in [-0.4, -0.2) is 35.1 Å². The summed E-state index contributed by atoms with van der Waals surface area (Å²) in [5.74, 6) is 0.815. The van der Waals surface area contributed by atoms with Gasteiger partial charge in [0.25, 0.3) is 10.0 Å². The molecule has 1 N–H and O–H groups in total. The summed E-state index contributed by atoms with van der Waals surface area (Å²) in [6.07, 6.45) is 0.640. The van der Waals surface area contributed by atoms with E-state index >= 15 is 0 Å². The van der Waals surface area contributed by atoms with Gasteiger partial charge in [0, 0.05) is 0 Å². The Morgan fingerprint density at radius 2 is 1.66 bits per heavy atom. The highest BCUT2D eigenvalue weighted by Gasteiger charge is 2.28. The summed E-state index contributed by atoms with van der Waals surface area (Å²) in [6, 6.07) is 18.7. The Balaban J connectivity index is 1.91. The molecule has 0 heterocycles. The second-order valence-corrected chi connectivity index (χ2v) is 10.7. The molecule has 0 aliphatic rings. The minimum atomic E-state index is -4.06. The lowest BCUT2D eigenvalue weighted by Crippen LogP contribution is -2.42. The second kappa shape index (κ2) is 11.6. The van der Waals surface area contributed by atoms with Crippen molar-refractivity contribution in [1.82, 2.24) is 5.32 Å². The number of ether oxygens (including phenoxy) is 2. The lowest BCUT2D eigenvalue weighted by atomic mass is 10.0. The minimum Gasteiger partial charge on any atom is -0.497 e. The molecule has 7 nitrogen and oxygen atoms in total. The van der Waals surface area contributed by atoms with Gasteiger partial charge in [-0.2, -0.15) is 0 Å². The predicted octanol–water partition coefficient (Wildman–Crippen LogP) is 5.24. The first-order valence-electron chi connectivity index (χ1n) is 11.1. The lowest BCUT2D eigenvalue weighted by Gasteiger charge is -2.26. The molecule has 0 fully saturated rings. The molecule has 0 bridgehead atoms. The number of hydrogen-bond donors (Lipinski definition) is 1. The summed E-state index contributed by atoms with van der Waals surface area (Å²) in [6.45, 7) is 3.50. The smallest absolute Gasteiger partial charge is 0.264 e. The Labute approximate surface area is 215 Å². The first kappa shape index (κ1) is 26.6. The summed E-state index contributed by atoms with van der Waals surface area (Å²) >= 11 is 3.35. The van der Waals surface area contributed by atoms with E-state index in [1.54, 1.807) is 25.3 Å². The molecule has 0 aliphatic carbocycles. The Morgan fingerprint density at radius 3 is 2.20 bits per heavy atom. The molecular formula is C26H29BrN2O5S. The number of aryl methyl sites for hydroxylation is 1. The molecule has 186 valence electrons. The third-order valence-electron chi connectivity index (χ3n) is 5.58. The Morgan fingerprint density at radius 1 is 1.00 bits per heavy atom. The molecule has 35 heavy (non-hydrogen) atoms. The van der Waals surface area contributed by atoms with Crippen LogP contribution in [-0.2, 0) is 14.8 Å². The highest BCUT2D eigenvalue weighted by Crippen LogP contribution is 2.31. The number of rotatable bonds is 10. The van der Waals surface area contributed by atoms with Crippen LogP contribution in [0.1, 0.15) is 30.5 Å². The van der Waals surface area contributed by atoms with Gasteiger partial charge in [-0.15, -0.1) is 0 Å². The minimum absolute atomic E-state index is 0.0424. The maximum Gasteiger partial charge on any atom is 0.264 e. The van der Waals surface area contributed by atoms with Gasteiger partial charge in [0.05, 0.1) is 35.3 Å². The molecule has 0 spiro atoms. The summed E-state index contributed by atoms with van der Waals surface area (Å²) < 4.78 is 39.4. The number of nitrogens with one attached hydrogen (secondary N) is 1. The zero-order valence-corrected chi connectivity index (χ0v) is 22.5. The van der Waals surface area contributed by atoms with Gasteiger partial charge in [0.1, 0.15) is 18.0 Å². The molecule has 3 aromatic carbocycles. The molecule has 3 aromatic rings. The van der Waals surface area contributed by atoms with E-state index < -0.39 is 15.9 Å². The van der Waals surface area contributed by atoms with Gasteiger partial charge < -0.3 is 14.8 Å². The largest absolute Gasteiger partial charge is 0.497 e. The average Bonchev–Trinajstić information content (AvgIpc) is 2.86. The van der Waals surface area contributed by atoms with Crippen LogP contribution in [0.4, 0.5) is 5.69 Å². The maximum atomic E-state index is 13.7. The number of halogens is 1. The van der Waals surface area contributed by atoms with Gasteiger partial charge >= 0.3 is 0 Å². The van der Waals surface area contributed by atoms with Crippen LogP contribution in [0.3, 0.4) is 0 Å². The number of hydrogen-bond acceptors (Lipinski definition) is 5. The molecule has 1 amide bonds. The van der Waals surface area contributed by atoms with Crippen LogP contribution in [0.15, 0.2) is 76.1 Å². The van der Waals surface area contributed by atoms with E-state index in [2.05, 4.69) is 21.2 Å². The van der Waals surface area contributed by atoms with Crippen molar-refractivity contribution in [3.05, 3.63) is 82.3 Å². The van der Waals surface area contributed by atoms with Crippen molar-refractivity contribution in [2.24, 2.45) is 0 Å². The van der Waals surface area contributed by atoms with Gasteiger partial charge in [-0.3, -0.25) is 9.10 Å². The molecular weight excluding hydrogens is 532 g/mol. The zero-order valence-electron chi connectivity index (χ0n) is 20.1. The Bertz CT molecular complexity index is 1260. The van der Waals surface area contributed by atoms with E-state index in [4.69, 9.17) is 9.47 Å². The topological polar surface area (TPSA) is 84.9 Å². The van der Waals surface area contributed by atoms with Crippen molar-refractivity contribution < 1.29 is 22.7 Å². The van der Waals surface area contributed by atoms with Crippen molar-refractivity contribution in [1.29, 1.82) is 0 Å². The van der Waals surface area contributed by atoms with Gasteiger partial charge in [0.2, 0.25) is 5.91 Å². The number of nitrogens with zero attached hydrogens (tertiary/aromatic N) is 1. The van der Waals surface area contributed by atoms with Gasteiger partial charge in [-0.25, -0.2) is 8.42 Å². The molecule has 0 saturated heterocycles. The SMILES string of the molecule is CCC(NC(=O)CN(c1ccc(C)cc1)S(=O)(=O)c1ccc(OC)c(Br)c1)c1ccc(OC)cc1. The molecule has 1 unspecified atom stereocenters. The average molecular weight is 561 g/mol. The Kier molecular flexibility index (Phi) is 8.80. The van der Waals surface area contributed by atoms with E-state index in [1.807, 2.05) is 50.2 Å². The monoisotopic (exact) mass is 560 g/mol. The van der Waals surface area contributed by atoms with E-state index in [9.17, 15) is 13.2 Å². The molecule has 0 radical (unpaired) electrons. The predicted molar refractivity (Wildman–Crippen MR) is 141 cm³/mol. The van der Waals surface area contributed by atoms with Gasteiger partial charge in [-0.05, 0) is 77.3 Å². The van der Waals surface area contributed by atoms with Crippen molar-refractivity contribution in [2.45, 2.75) is 31.2 Å². The van der Waals surface area contributed by atoms with Gasteiger partial charge in [-0.1, -0.05) is 36.8 Å². The summed E-state index contributed by atoms with van der Waals surface area (Å²) in [4.78, 5) is 13.2. The van der Waals surface area contributed by atoms with Crippen LogP contribution >= 0.6 is 15.9 Å². The normalized spacial score (nSPS) is 12.0. The second-order valence-electron chi connectivity index (χ2n) is 7.95. The number of sulfonamides is 1. The van der Waals surface area contributed by atoms with E-state index in [0.717, 1.165) is 21.2 Å². The van der Waals surface area contributed by atoms with Crippen LogP contribution in [0.2, 0.25) is 0 Å². The highest BCUT2D eigenvalue weighted by molar-refractivity contribution is 9.10. The number of carbonyl (C=O) groups excluding carboxylic acids is 1. The quantitative estimate of drug-likeness (QED) is 0.366. The molecule has 1 atom stereocenters. The molecule has 3 rings (SSSR count). The fourth-order valence-corrected chi connectivity index (χ4v) is 5.73. The van der Waals surface area contributed by atoms with E-state index in [1.165, 1.54) is 19.2 Å². The highest BCUT2D eigenvalue weighted by atomic mass is 79.9. The molecule has 0 aromatic heterocycles. The summed E-state index contributed by atoms with van der Waals surface area (Å²) in [5, 5.41) is 2.97. The molecule has 9 heteroatoms. The molecule has 0 saturated carbocycles. The van der Waals surface area contributed by atoms with Crippen LogP contribution in [0, 0.1) is 6.92 Å². The van der Waals surface area contributed by atoms with Crippen LogP contribution in [0.25, 0.3) is 0 Å². The number of carbonyl (C=O) groups is 1. The van der Waals surface area contributed by atoms with E-state index in [-0.39, 0.29) is 17.5 Å². The first-order chi connectivity index (χ1) is 16.7. The lowest BCUT2D eigenvalue weighted by molar-refractivity contribution is -0.120. The summed E-state index contributed by atoms with van der Waals surface area (Å²) in [7, 11) is -0.958. The fraction of sp³-hybridized carbons (Fsp3) is 0.269. The number of amides is 1.